The zero-order valence-electron chi connectivity index (χ0n) is 11.6. The Balaban J connectivity index is 2.28. The Hall–Kier alpha value is -1.40. The summed E-state index contributed by atoms with van der Waals surface area (Å²) in [5.41, 5.74) is -0.661. The quantitative estimate of drug-likeness (QED) is 0.677. The summed E-state index contributed by atoms with van der Waals surface area (Å²) in [6.07, 6.45) is -2.38. The van der Waals surface area contributed by atoms with Gasteiger partial charge in [0.05, 0.1) is 5.56 Å². The zero-order chi connectivity index (χ0) is 15.5. The van der Waals surface area contributed by atoms with E-state index in [2.05, 4.69) is 16.8 Å². The highest BCUT2D eigenvalue weighted by molar-refractivity contribution is 5.29. The second-order valence-electron chi connectivity index (χ2n) is 5.06. The second-order valence-corrected chi connectivity index (χ2v) is 5.06. The molecule has 21 heavy (non-hydrogen) atoms. The first-order valence-electron chi connectivity index (χ1n) is 6.86. The van der Waals surface area contributed by atoms with Crippen LogP contribution in [-0.4, -0.2) is 31.1 Å². The Morgan fingerprint density at radius 1 is 1.29 bits per heavy atom. The van der Waals surface area contributed by atoms with Gasteiger partial charge in [0.25, 0.3) is 0 Å². The van der Waals surface area contributed by atoms with Gasteiger partial charge in [0.1, 0.15) is 5.82 Å². The second kappa shape index (κ2) is 6.58. The molecule has 0 spiro atoms. The van der Waals surface area contributed by atoms with Gasteiger partial charge in [-0.3, -0.25) is 4.90 Å². The number of piperazine rings is 1. The highest BCUT2D eigenvalue weighted by Gasteiger charge is 2.34. The van der Waals surface area contributed by atoms with Crippen molar-refractivity contribution in [2.45, 2.75) is 18.6 Å². The number of alkyl halides is 3. The van der Waals surface area contributed by atoms with Crippen molar-refractivity contribution in [1.82, 2.24) is 10.2 Å². The SMILES string of the molecule is C=CC[C@H](c1ccc(C(F)(F)F)c(F)c1)N1CCNCC1. The molecule has 1 aromatic rings. The van der Waals surface area contributed by atoms with Crippen LogP contribution in [0.4, 0.5) is 17.6 Å². The highest BCUT2D eigenvalue weighted by Crippen LogP contribution is 2.34. The van der Waals surface area contributed by atoms with Crippen LogP contribution in [0.2, 0.25) is 0 Å². The van der Waals surface area contributed by atoms with Crippen LogP contribution in [0, 0.1) is 5.82 Å². The summed E-state index contributed by atoms with van der Waals surface area (Å²) in [5, 5.41) is 3.21. The summed E-state index contributed by atoms with van der Waals surface area (Å²) in [7, 11) is 0. The molecular weight excluding hydrogens is 284 g/mol. The lowest BCUT2D eigenvalue weighted by molar-refractivity contribution is -0.140. The molecule has 0 saturated carbocycles. The average molecular weight is 302 g/mol. The largest absolute Gasteiger partial charge is 0.419 e. The maximum atomic E-state index is 13.7. The summed E-state index contributed by atoms with van der Waals surface area (Å²) >= 11 is 0. The maximum Gasteiger partial charge on any atom is 0.419 e. The Kier molecular flexibility index (Phi) is 5.00. The molecule has 1 atom stereocenters. The summed E-state index contributed by atoms with van der Waals surface area (Å²) < 4.78 is 51.6. The lowest BCUT2D eigenvalue weighted by Gasteiger charge is -2.35. The van der Waals surface area contributed by atoms with E-state index in [-0.39, 0.29) is 6.04 Å². The van der Waals surface area contributed by atoms with Gasteiger partial charge in [-0.25, -0.2) is 4.39 Å². The van der Waals surface area contributed by atoms with E-state index >= 15 is 0 Å². The first kappa shape index (κ1) is 16.0. The molecule has 1 fully saturated rings. The molecule has 0 aromatic heterocycles. The van der Waals surface area contributed by atoms with Crippen molar-refractivity contribution in [2.24, 2.45) is 0 Å². The molecule has 1 aliphatic heterocycles. The average Bonchev–Trinajstić information content (AvgIpc) is 2.44. The predicted molar refractivity (Wildman–Crippen MR) is 73.4 cm³/mol. The van der Waals surface area contributed by atoms with Crippen LogP contribution in [-0.2, 0) is 6.18 Å². The third-order valence-electron chi connectivity index (χ3n) is 3.67. The van der Waals surface area contributed by atoms with Gasteiger partial charge in [-0.2, -0.15) is 13.2 Å². The standard InChI is InChI=1S/C15H18F4N2/c1-2-3-14(21-8-6-20-7-9-21)11-4-5-12(13(16)10-11)15(17,18)19/h2,4-5,10,14,20H,1,3,6-9H2/t14-/m1/s1. The minimum Gasteiger partial charge on any atom is -0.314 e. The van der Waals surface area contributed by atoms with Crippen LogP contribution in [0.3, 0.4) is 0 Å². The van der Waals surface area contributed by atoms with Gasteiger partial charge in [0.2, 0.25) is 0 Å². The fourth-order valence-corrected chi connectivity index (χ4v) is 2.62. The van der Waals surface area contributed by atoms with Crippen molar-refractivity contribution < 1.29 is 17.6 Å². The normalized spacial score (nSPS) is 18.5. The molecule has 2 rings (SSSR count). The molecule has 1 aliphatic rings. The Labute approximate surface area is 121 Å². The summed E-state index contributed by atoms with van der Waals surface area (Å²) in [6, 6.07) is 3.05. The van der Waals surface area contributed by atoms with Crippen LogP contribution < -0.4 is 5.32 Å². The predicted octanol–water partition coefficient (Wildman–Crippen LogP) is 3.37. The van der Waals surface area contributed by atoms with E-state index < -0.39 is 17.6 Å². The number of nitrogens with one attached hydrogen (secondary N) is 1. The Morgan fingerprint density at radius 2 is 1.95 bits per heavy atom. The lowest BCUT2D eigenvalue weighted by Crippen LogP contribution is -2.45. The maximum absolute atomic E-state index is 13.7. The van der Waals surface area contributed by atoms with Gasteiger partial charge in [0, 0.05) is 32.2 Å². The van der Waals surface area contributed by atoms with Crippen LogP contribution in [0.5, 0.6) is 0 Å². The van der Waals surface area contributed by atoms with E-state index in [1.807, 2.05) is 0 Å². The zero-order valence-corrected chi connectivity index (χ0v) is 11.6. The number of nitrogens with zero attached hydrogens (tertiary/aromatic N) is 1. The molecular formula is C15H18F4N2. The molecule has 1 aromatic carbocycles. The van der Waals surface area contributed by atoms with Crippen molar-refractivity contribution >= 4 is 0 Å². The van der Waals surface area contributed by atoms with Gasteiger partial charge < -0.3 is 5.32 Å². The topological polar surface area (TPSA) is 15.3 Å². The molecule has 0 bridgehead atoms. The molecule has 0 radical (unpaired) electrons. The molecule has 1 N–H and O–H groups in total. The van der Waals surface area contributed by atoms with Crippen molar-refractivity contribution in [3.63, 3.8) is 0 Å². The van der Waals surface area contributed by atoms with Crippen molar-refractivity contribution in [3.8, 4) is 0 Å². The van der Waals surface area contributed by atoms with Crippen molar-refractivity contribution in [3.05, 3.63) is 47.8 Å². The van der Waals surface area contributed by atoms with E-state index in [0.29, 0.717) is 12.0 Å². The van der Waals surface area contributed by atoms with E-state index in [0.717, 1.165) is 38.3 Å². The molecule has 1 saturated heterocycles. The first-order chi connectivity index (χ1) is 9.93. The lowest BCUT2D eigenvalue weighted by atomic mass is 9.99. The van der Waals surface area contributed by atoms with Gasteiger partial charge >= 0.3 is 6.18 Å². The van der Waals surface area contributed by atoms with Crippen LogP contribution in [0.1, 0.15) is 23.6 Å². The van der Waals surface area contributed by atoms with E-state index in [4.69, 9.17) is 0 Å². The number of rotatable bonds is 4. The Morgan fingerprint density at radius 3 is 2.48 bits per heavy atom. The smallest absolute Gasteiger partial charge is 0.314 e. The van der Waals surface area contributed by atoms with Crippen molar-refractivity contribution in [1.29, 1.82) is 0 Å². The molecule has 116 valence electrons. The van der Waals surface area contributed by atoms with Crippen molar-refractivity contribution in [2.75, 3.05) is 26.2 Å². The molecule has 1 heterocycles. The molecule has 0 unspecified atom stereocenters. The van der Waals surface area contributed by atoms with Gasteiger partial charge in [-0.1, -0.05) is 12.1 Å². The molecule has 2 nitrogen and oxygen atoms in total. The van der Waals surface area contributed by atoms with Crippen LogP contribution in [0.25, 0.3) is 0 Å². The summed E-state index contributed by atoms with van der Waals surface area (Å²) in [5.74, 6) is -1.22. The Bertz CT molecular complexity index is 493. The third kappa shape index (κ3) is 3.83. The minimum atomic E-state index is -4.66. The van der Waals surface area contributed by atoms with E-state index in [9.17, 15) is 17.6 Å². The van der Waals surface area contributed by atoms with E-state index in [1.165, 1.54) is 6.07 Å². The summed E-state index contributed by atoms with van der Waals surface area (Å²) in [4.78, 5) is 2.14. The number of benzene rings is 1. The van der Waals surface area contributed by atoms with Crippen LogP contribution >= 0.6 is 0 Å². The van der Waals surface area contributed by atoms with Gasteiger partial charge in [-0.05, 0) is 24.1 Å². The highest BCUT2D eigenvalue weighted by atomic mass is 19.4. The molecule has 0 aliphatic carbocycles. The van der Waals surface area contributed by atoms with Gasteiger partial charge in [0.15, 0.2) is 0 Å². The number of halogens is 4. The fourth-order valence-electron chi connectivity index (χ4n) is 2.62. The third-order valence-corrected chi connectivity index (χ3v) is 3.67. The fraction of sp³-hybridized carbons (Fsp3) is 0.467. The van der Waals surface area contributed by atoms with Gasteiger partial charge in [-0.15, -0.1) is 6.58 Å². The summed E-state index contributed by atoms with van der Waals surface area (Å²) in [6.45, 7) is 6.87. The van der Waals surface area contributed by atoms with E-state index in [1.54, 1.807) is 6.08 Å². The molecule has 0 amide bonds. The molecule has 6 heteroatoms. The van der Waals surface area contributed by atoms with Crippen LogP contribution in [0.15, 0.2) is 30.9 Å². The number of hydrogen-bond donors (Lipinski definition) is 1. The minimum absolute atomic E-state index is 0.138. The monoisotopic (exact) mass is 302 g/mol. The first-order valence-corrected chi connectivity index (χ1v) is 6.86. The number of hydrogen-bond acceptors (Lipinski definition) is 2.